The van der Waals surface area contributed by atoms with Gasteiger partial charge in [0.15, 0.2) is 5.65 Å². The zero-order valence-electron chi connectivity index (χ0n) is 12.6. The van der Waals surface area contributed by atoms with E-state index in [-0.39, 0.29) is 0 Å². The van der Waals surface area contributed by atoms with Gasteiger partial charge in [0, 0.05) is 29.8 Å². The number of aromatic nitrogens is 3. The summed E-state index contributed by atoms with van der Waals surface area (Å²) in [5, 5.41) is 8.20. The summed E-state index contributed by atoms with van der Waals surface area (Å²) in [5.74, 6) is 1.42. The standard InChI is InChI=1S/C15H22BrN5/c1-11(2)8-20(10-13-4-3-7-17-13)15-18-14-6-5-12(16)9-21(14)19-15/h5-6,9,11,13,17H,3-4,7-8,10H2,1-2H3. The van der Waals surface area contributed by atoms with Gasteiger partial charge in [-0.1, -0.05) is 13.8 Å². The van der Waals surface area contributed by atoms with E-state index in [1.165, 1.54) is 12.8 Å². The Morgan fingerprint density at radius 2 is 2.33 bits per heavy atom. The Morgan fingerprint density at radius 1 is 1.48 bits per heavy atom. The fourth-order valence-corrected chi connectivity index (χ4v) is 3.16. The number of rotatable bonds is 5. The van der Waals surface area contributed by atoms with Crippen LogP contribution in [0.1, 0.15) is 26.7 Å². The van der Waals surface area contributed by atoms with Crippen LogP contribution in [-0.2, 0) is 0 Å². The third-order valence-corrected chi connectivity index (χ3v) is 4.22. The molecule has 21 heavy (non-hydrogen) atoms. The second-order valence-electron chi connectivity index (χ2n) is 6.15. The lowest BCUT2D eigenvalue weighted by molar-refractivity contribution is 0.534. The summed E-state index contributed by atoms with van der Waals surface area (Å²) < 4.78 is 2.86. The number of hydrogen-bond acceptors (Lipinski definition) is 4. The molecule has 1 saturated heterocycles. The first kappa shape index (κ1) is 14.8. The molecule has 1 N–H and O–H groups in total. The molecule has 2 aromatic heterocycles. The minimum Gasteiger partial charge on any atom is -0.338 e. The van der Waals surface area contributed by atoms with Gasteiger partial charge in [-0.2, -0.15) is 4.98 Å². The van der Waals surface area contributed by atoms with Gasteiger partial charge in [0.1, 0.15) is 0 Å². The highest BCUT2D eigenvalue weighted by atomic mass is 79.9. The minimum absolute atomic E-state index is 0.557. The van der Waals surface area contributed by atoms with Crippen LogP contribution in [0.3, 0.4) is 0 Å². The van der Waals surface area contributed by atoms with E-state index in [9.17, 15) is 0 Å². The predicted molar refractivity (Wildman–Crippen MR) is 88.8 cm³/mol. The number of fused-ring (bicyclic) bond motifs is 1. The van der Waals surface area contributed by atoms with Crippen LogP contribution in [0.2, 0.25) is 0 Å². The number of pyridine rings is 1. The molecule has 3 rings (SSSR count). The summed E-state index contributed by atoms with van der Waals surface area (Å²) >= 11 is 3.48. The van der Waals surface area contributed by atoms with Crippen LogP contribution in [0, 0.1) is 5.92 Å². The minimum atomic E-state index is 0.557. The van der Waals surface area contributed by atoms with Crippen molar-refractivity contribution in [2.24, 2.45) is 5.92 Å². The zero-order chi connectivity index (χ0) is 14.8. The van der Waals surface area contributed by atoms with Gasteiger partial charge >= 0.3 is 0 Å². The van der Waals surface area contributed by atoms with Gasteiger partial charge in [0.25, 0.3) is 0 Å². The molecule has 0 bridgehead atoms. The molecule has 3 heterocycles. The van der Waals surface area contributed by atoms with Crippen molar-refractivity contribution in [1.29, 1.82) is 0 Å². The van der Waals surface area contributed by atoms with Gasteiger partial charge in [-0.3, -0.25) is 0 Å². The lowest BCUT2D eigenvalue weighted by Crippen LogP contribution is -2.40. The Morgan fingerprint density at radius 3 is 3.05 bits per heavy atom. The van der Waals surface area contributed by atoms with Gasteiger partial charge in [-0.05, 0) is 53.4 Å². The van der Waals surface area contributed by atoms with Crippen molar-refractivity contribution >= 4 is 27.5 Å². The summed E-state index contributed by atoms with van der Waals surface area (Å²) in [4.78, 5) is 6.99. The van der Waals surface area contributed by atoms with E-state index in [4.69, 9.17) is 0 Å². The number of anilines is 1. The number of nitrogens with one attached hydrogen (secondary N) is 1. The maximum absolute atomic E-state index is 4.68. The normalized spacial score (nSPS) is 18.8. The quantitative estimate of drug-likeness (QED) is 0.899. The van der Waals surface area contributed by atoms with E-state index in [1.54, 1.807) is 0 Å². The Kier molecular flexibility index (Phi) is 4.45. The molecule has 0 radical (unpaired) electrons. The van der Waals surface area contributed by atoms with Crippen LogP contribution in [0.4, 0.5) is 5.95 Å². The molecule has 1 aliphatic rings. The van der Waals surface area contributed by atoms with Crippen molar-refractivity contribution in [3.8, 4) is 0 Å². The average molecular weight is 352 g/mol. The van der Waals surface area contributed by atoms with Crippen molar-refractivity contribution in [2.45, 2.75) is 32.7 Å². The molecule has 0 aromatic carbocycles. The molecule has 0 amide bonds. The number of halogens is 1. The lowest BCUT2D eigenvalue weighted by atomic mass is 10.1. The van der Waals surface area contributed by atoms with E-state index in [1.807, 2.05) is 22.8 Å². The fraction of sp³-hybridized carbons (Fsp3) is 0.600. The Labute approximate surface area is 133 Å². The predicted octanol–water partition coefficient (Wildman–Crippen LogP) is 2.71. The smallest absolute Gasteiger partial charge is 0.245 e. The average Bonchev–Trinajstić information content (AvgIpc) is 3.05. The van der Waals surface area contributed by atoms with Crippen LogP contribution in [0.25, 0.3) is 5.65 Å². The SMILES string of the molecule is CC(C)CN(CC1CCCN1)c1nc2ccc(Br)cn2n1. The molecule has 0 aliphatic carbocycles. The van der Waals surface area contributed by atoms with Crippen molar-refractivity contribution in [3.05, 3.63) is 22.8 Å². The maximum atomic E-state index is 4.68. The third-order valence-electron chi connectivity index (χ3n) is 3.76. The first-order valence-corrected chi connectivity index (χ1v) is 8.41. The van der Waals surface area contributed by atoms with Crippen molar-refractivity contribution in [1.82, 2.24) is 19.9 Å². The van der Waals surface area contributed by atoms with Crippen LogP contribution >= 0.6 is 15.9 Å². The van der Waals surface area contributed by atoms with Crippen molar-refractivity contribution in [2.75, 3.05) is 24.5 Å². The first-order chi connectivity index (χ1) is 10.1. The highest BCUT2D eigenvalue weighted by Crippen LogP contribution is 2.17. The Bertz CT molecular complexity index is 603. The van der Waals surface area contributed by atoms with Crippen LogP contribution in [0.15, 0.2) is 22.8 Å². The molecule has 2 aromatic rings. The molecule has 1 unspecified atom stereocenters. The summed E-state index contributed by atoms with van der Waals surface area (Å²) in [6, 6.07) is 4.54. The number of hydrogen-bond donors (Lipinski definition) is 1. The Balaban J connectivity index is 1.85. The highest BCUT2D eigenvalue weighted by molar-refractivity contribution is 9.10. The highest BCUT2D eigenvalue weighted by Gasteiger charge is 2.21. The molecule has 0 spiro atoms. The zero-order valence-corrected chi connectivity index (χ0v) is 14.2. The van der Waals surface area contributed by atoms with Crippen LogP contribution < -0.4 is 10.2 Å². The molecular weight excluding hydrogens is 330 g/mol. The summed E-state index contributed by atoms with van der Waals surface area (Å²) in [6.07, 6.45) is 4.46. The van der Waals surface area contributed by atoms with Gasteiger partial charge in [-0.25, -0.2) is 4.52 Å². The molecule has 0 saturated carbocycles. The lowest BCUT2D eigenvalue weighted by Gasteiger charge is -2.26. The van der Waals surface area contributed by atoms with E-state index < -0.39 is 0 Å². The Hall–Kier alpha value is -1.14. The van der Waals surface area contributed by atoms with E-state index >= 15 is 0 Å². The van der Waals surface area contributed by atoms with Gasteiger partial charge in [-0.15, -0.1) is 5.10 Å². The summed E-state index contributed by atoms with van der Waals surface area (Å²) in [7, 11) is 0. The first-order valence-electron chi connectivity index (χ1n) is 7.62. The molecule has 1 fully saturated rings. The second kappa shape index (κ2) is 6.32. The summed E-state index contributed by atoms with van der Waals surface area (Å²) in [5.41, 5.74) is 0.890. The van der Waals surface area contributed by atoms with E-state index in [0.717, 1.165) is 35.7 Å². The van der Waals surface area contributed by atoms with Gasteiger partial charge < -0.3 is 10.2 Å². The van der Waals surface area contributed by atoms with E-state index in [0.29, 0.717) is 12.0 Å². The van der Waals surface area contributed by atoms with Crippen LogP contribution in [-0.4, -0.2) is 40.3 Å². The largest absolute Gasteiger partial charge is 0.338 e. The van der Waals surface area contributed by atoms with Crippen LogP contribution in [0.5, 0.6) is 0 Å². The van der Waals surface area contributed by atoms with Crippen molar-refractivity contribution < 1.29 is 0 Å². The fourth-order valence-electron chi connectivity index (χ4n) is 2.84. The monoisotopic (exact) mass is 351 g/mol. The third kappa shape index (κ3) is 3.55. The van der Waals surface area contributed by atoms with E-state index in [2.05, 4.69) is 50.1 Å². The topological polar surface area (TPSA) is 45.5 Å². The van der Waals surface area contributed by atoms with Gasteiger partial charge in [0.05, 0.1) is 0 Å². The second-order valence-corrected chi connectivity index (χ2v) is 7.07. The number of nitrogens with zero attached hydrogens (tertiary/aromatic N) is 4. The van der Waals surface area contributed by atoms with Crippen molar-refractivity contribution in [3.63, 3.8) is 0 Å². The molecule has 6 heteroatoms. The molecule has 5 nitrogen and oxygen atoms in total. The maximum Gasteiger partial charge on any atom is 0.245 e. The molecule has 114 valence electrons. The molecule has 1 atom stereocenters. The summed E-state index contributed by atoms with van der Waals surface area (Å²) in [6.45, 7) is 7.57. The van der Waals surface area contributed by atoms with Gasteiger partial charge in [0.2, 0.25) is 5.95 Å². The molecule has 1 aliphatic heterocycles. The molecular formula is C15H22BrN5.